The summed E-state index contributed by atoms with van der Waals surface area (Å²) in [6.07, 6.45) is 1.14. The highest BCUT2D eigenvalue weighted by molar-refractivity contribution is 4.79. The molecule has 14 heavy (non-hydrogen) atoms. The maximum Gasteiger partial charge on any atom is 0.0619 e. The largest absolute Gasteiger partial charge is 0.380 e. The molecule has 2 N–H and O–H groups in total. The fourth-order valence-corrected chi connectivity index (χ4v) is 2.05. The van der Waals surface area contributed by atoms with Gasteiger partial charge in [-0.3, -0.25) is 4.90 Å². The Bertz CT molecular complexity index is 163. The minimum absolute atomic E-state index is 0.529. The first-order chi connectivity index (χ1) is 6.66. The average molecular weight is 200 g/mol. The summed E-state index contributed by atoms with van der Waals surface area (Å²) < 4.78 is 5.53. The van der Waals surface area contributed by atoms with Gasteiger partial charge in [0.1, 0.15) is 0 Å². The molecule has 1 rings (SSSR count). The van der Waals surface area contributed by atoms with Gasteiger partial charge in [-0.05, 0) is 32.7 Å². The van der Waals surface area contributed by atoms with Crippen LogP contribution in [0.5, 0.6) is 0 Å². The molecule has 1 heterocycles. The molecule has 1 aliphatic heterocycles. The van der Waals surface area contributed by atoms with E-state index in [-0.39, 0.29) is 0 Å². The van der Waals surface area contributed by atoms with Crippen molar-refractivity contribution in [2.24, 2.45) is 11.7 Å². The second-order valence-electron chi connectivity index (χ2n) is 4.47. The molecule has 0 aliphatic carbocycles. The van der Waals surface area contributed by atoms with Crippen molar-refractivity contribution in [2.45, 2.75) is 39.3 Å². The summed E-state index contributed by atoms with van der Waals surface area (Å²) in [7, 11) is 0. The fraction of sp³-hybridized carbons (Fsp3) is 1.00. The summed E-state index contributed by atoms with van der Waals surface area (Å²) in [5.74, 6) is 0.565. The minimum atomic E-state index is 0.529. The maximum atomic E-state index is 5.71. The summed E-state index contributed by atoms with van der Waals surface area (Å²) in [4.78, 5) is 2.53. The van der Waals surface area contributed by atoms with E-state index in [1.165, 1.54) is 0 Å². The summed E-state index contributed by atoms with van der Waals surface area (Å²) in [6.45, 7) is 10.4. The number of rotatable bonds is 3. The number of ether oxygens (including phenoxy) is 1. The van der Waals surface area contributed by atoms with Crippen molar-refractivity contribution in [3.63, 3.8) is 0 Å². The van der Waals surface area contributed by atoms with E-state index in [1.807, 2.05) is 0 Å². The Balaban J connectivity index is 2.53. The molecule has 0 spiro atoms. The van der Waals surface area contributed by atoms with Gasteiger partial charge < -0.3 is 10.5 Å². The van der Waals surface area contributed by atoms with Crippen LogP contribution in [0.2, 0.25) is 0 Å². The van der Waals surface area contributed by atoms with Crippen LogP contribution in [0.3, 0.4) is 0 Å². The molecule has 0 amide bonds. The van der Waals surface area contributed by atoms with Gasteiger partial charge in [-0.25, -0.2) is 0 Å². The van der Waals surface area contributed by atoms with Gasteiger partial charge >= 0.3 is 0 Å². The standard InChI is InChI=1S/C11H24N2O/c1-9(7-12)11(3)13-5-4-6-14-8-10(13)2/h9-11H,4-8,12H2,1-3H3. The Morgan fingerprint density at radius 1 is 1.50 bits per heavy atom. The van der Waals surface area contributed by atoms with Gasteiger partial charge in [0.15, 0.2) is 0 Å². The van der Waals surface area contributed by atoms with Crippen molar-refractivity contribution in [2.75, 3.05) is 26.3 Å². The molecule has 0 aromatic rings. The van der Waals surface area contributed by atoms with Gasteiger partial charge in [0.2, 0.25) is 0 Å². The lowest BCUT2D eigenvalue weighted by molar-refractivity contribution is 0.0781. The first kappa shape index (κ1) is 12.0. The zero-order chi connectivity index (χ0) is 10.6. The van der Waals surface area contributed by atoms with E-state index in [2.05, 4.69) is 25.7 Å². The summed E-state index contributed by atoms with van der Waals surface area (Å²) in [5, 5.41) is 0. The summed E-state index contributed by atoms with van der Waals surface area (Å²) in [6, 6.07) is 1.10. The zero-order valence-corrected chi connectivity index (χ0v) is 9.70. The van der Waals surface area contributed by atoms with E-state index in [4.69, 9.17) is 10.5 Å². The number of hydrogen-bond donors (Lipinski definition) is 1. The molecule has 0 radical (unpaired) electrons. The van der Waals surface area contributed by atoms with Gasteiger partial charge in [0.25, 0.3) is 0 Å². The van der Waals surface area contributed by atoms with Crippen molar-refractivity contribution in [3.8, 4) is 0 Å². The monoisotopic (exact) mass is 200 g/mol. The lowest BCUT2D eigenvalue weighted by Gasteiger charge is -2.35. The van der Waals surface area contributed by atoms with Crippen LogP contribution in [0, 0.1) is 5.92 Å². The topological polar surface area (TPSA) is 38.5 Å². The lowest BCUT2D eigenvalue weighted by atomic mass is 10.0. The molecule has 0 saturated carbocycles. The van der Waals surface area contributed by atoms with Gasteiger partial charge in [-0.15, -0.1) is 0 Å². The first-order valence-electron chi connectivity index (χ1n) is 5.70. The molecule has 3 atom stereocenters. The third-order valence-corrected chi connectivity index (χ3v) is 3.35. The van der Waals surface area contributed by atoms with Gasteiger partial charge in [0, 0.05) is 25.2 Å². The fourth-order valence-electron chi connectivity index (χ4n) is 2.05. The summed E-state index contributed by atoms with van der Waals surface area (Å²) >= 11 is 0. The molecule has 3 nitrogen and oxygen atoms in total. The van der Waals surface area contributed by atoms with Gasteiger partial charge in [-0.2, -0.15) is 0 Å². The van der Waals surface area contributed by atoms with Crippen LogP contribution in [0.15, 0.2) is 0 Å². The van der Waals surface area contributed by atoms with Crippen LogP contribution >= 0.6 is 0 Å². The van der Waals surface area contributed by atoms with E-state index in [0.717, 1.165) is 32.7 Å². The Labute approximate surface area is 87.6 Å². The van der Waals surface area contributed by atoms with E-state index >= 15 is 0 Å². The normalized spacial score (nSPS) is 29.6. The summed E-state index contributed by atoms with van der Waals surface area (Å²) in [5.41, 5.74) is 5.71. The van der Waals surface area contributed by atoms with Crippen LogP contribution in [0.1, 0.15) is 27.2 Å². The molecular formula is C11H24N2O. The predicted molar refractivity (Wildman–Crippen MR) is 59.3 cm³/mol. The third kappa shape index (κ3) is 2.94. The van der Waals surface area contributed by atoms with Crippen molar-refractivity contribution in [1.29, 1.82) is 0 Å². The quantitative estimate of drug-likeness (QED) is 0.741. The minimum Gasteiger partial charge on any atom is -0.380 e. The Kier molecular flexibility index (Phi) is 4.85. The highest BCUT2D eigenvalue weighted by atomic mass is 16.5. The van der Waals surface area contributed by atoms with E-state index in [9.17, 15) is 0 Å². The van der Waals surface area contributed by atoms with E-state index in [1.54, 1.807) is 0 Å². The van der Waals surface area contributed by atoms with Crippen molar-refractivity contribution >= 4 is 0 Å². The number of nitrogens with zero attached hydrogens (tertiary/aromatic N) is 1. The molecule has 3 heteroatoms. The first-order valence-corrected chi connectivity index (χ1v) is 5.70. The highest BCUT2D eigenvalue weighted by Gasteiger charge is 2.25. The molecule has 3 unspecified atom stereocenters. The molecular weight excluding hydrogens is 176 g/mol. The van der Waals surface area contributed by atoms with Gasteiger partial charge in [-0.1, -0.05) is 6.92 Å². The van der Waals surface area contributed by atoms with Crippen LogP contribution in [0.4, 0.5) is 0 Å². The predicted octanol–water partition coefficient (Wildman–Crippen LogP) is 1.08. The molecule has 1 saturated heterocycles. The average Bonchev–Trinajstić information content (AvgIpc) is 2.40. The van der Waals surface area contributed by atoms with Crippen molar-refractivity contribution < 1.29 is 4.74 Å². The SMILES string of the molecule is CC(CN)C(C)N1CCCOCC1C. The van der Waals surface area contributed by atoms with E-state index < -0.39 is 0 Å². The van der Waals surface area contributed by atoms with Crippen LogP contribution in [-0.2, 0) is 4.74 Å². The van der Waals surface area contributed by atoms with Crippen LogP contribution < -0.4 is 5.73 Å². The smallest absolute Gasteiger partial charge is 0.0619 e. The Hall–Kier alpha value is -0.120. The second-order valence-corrected chi connectivity index (χ2v) is 4.47. The zero-order valence-electron chi connectivity index (χ0n) is 9.70. The molecule has 1 fully saturated rings. The molecule has 0 bridgehead atoms. The maximum absolute atomic E-state index is 5.71. The van der Waals surface area contributed by atoms with E-state index in [0.29, 0.717) is 18.0 Å². The second kappa shape index (κ2) is 5.69. The Morgan fingerprint density at radius 3 is 2.86 bits per heavy atom. The molecule has 0 aromatic carbocycles. The molecule has 1 aliphatic rings. The highest BCUT2D eigenvalue weighted by Crippen LogP contribution is 2.16. The van der Waals surface area contributed by atoms with Crippen LogP contribution in [-0.4, -0.2) is 43.3 Å². The molecule has 84 valence electrons. The van der Waals surface area contributed by atoms with Gasteiger partial charge in [0.05, 0.1) is 6.61 Å². The number of nitrogens with two attached hydrogens (primary N) is 1. The van der Waals surface area contributed by atoms with Crippen molar-refractivity contribution in [1.82, 2.24) is 4.90 Å². The van der Waals surface area contributed by atoms with Crippen LogP contribution in [0.25, 0.3) is 0 Å². The van der Waals surface area contributed by atoms with Crippen molar-refractivity contribution in [3.05, 3.63) is 0 Å². The molecule has 0 aromatic heterocycles. The Morgan fingerprint density at radius 2 is 2.21 bits per heavy atom. The lowest BCUT2D eigenvalue weighted by Crippen LogP contribution is -2.46. The number of hydrogen-bond acceptors (Lipinski definition) is 3. The third-order valence-electron chi connectivity index (χ3n) is 3.35.